The van der Waals surface area contributed by atoms with Gasteiger partial charge >= 0.3 is 0 Å². The molecule has 0 aliphatic carbocycles. The van der Waals surface area contributed by atoms with Gasteiger partial charge in [-0.2, -0.15) is 0 Å². The second-order valence-electron chi connectivity index (χ2n) is 14.5. The molecule has 2 fully saturated rings. The van der Waals surface area contributed by atoms with E-state index in [9.17, 15) is 0 Å². The first-order valence-electron chi connectivity index (χ1n) is 18.7. The Labute approximate surface area is 299 Å². The normalized spacial score (nSPS) is 24.2. The topological polar surface area (TPSA) is 112 Å². The number of aliphatic imine (C=N–C) groups is 2. The Balaban J connectivity index is 1.31. The average Bonchev–Trinajstić information content (AvgIpc) is 3.92. The van der Waals surface area contributed by atoms with Crippen LogP contribution in [0.2, 0.25) is 0 Å². The van der Waals surface area contributed by atoms with Crippen LogP contribution in [-0.4, -0.2) is 57.6 Å². The number of H-pyrrole nitrogens is 2. The van der Waals surface area contributed by atoms with Gasteiger partial charge in [0.15, 0.2) is 11.7 Å². The molecule has 2 unspecified atom stereocenters. The van der Waals surface area contributed by atoms with Crippen molar-refractivity contribution in [1.29, 1.82) is 0 Å². The second kappa shape index (κ2) is 11.5. The van der Waals surface area contributed by atoms with Gasteiger partial charge in [0.1, 0.15) is 22.0 Å². The van der Waals surface area contributed by atoms with Gasteiger partial charge in [-0.25, -0.2) is 30.0 Å². The number of nitrogens with one attached hydrogen (secondary N) is 2. The minimum absolute atomic E-state index is 0.661. The fraction of sp³-hybridized carbons (Fsp3) is 0.286. The third-order valence-electron chi connectivity index (χ3n) is 11.5. The van der Waals surface area contributed by atoms with Crippen LogP contribution in [0.4, 0.5) is 0 Å². The van der Waals surface area contributed by atoms with E-state index in [1.54, 1.807) is 0 Å². The van der Waals surface area contributed by atoms with Gasteiger partial charge < -0.3 is 9.97 Å². The standard InChI is InChI=1S/C42H38N10/c1-11-23-51(24-12-1)41-33-21-9-7-19-31(33)39(49-41)45-36-28-16-4-6-18-30(28)38(44-36)48-42(52-25-13-2-14-26-52)34-22-10-8-20-32(34)40(50-42)46-35-27-15-3-5-17-29(27)37(43-35)47-41/h3-10,15-22H,1-2,11-14,23-26H2,(H,43,46,47,50)(H,44,45,48,49). The number of hydrogen-bond donors (Lipinski definition) is 2. The van der Waals surface area contributed by atoms with Gasteiger partial charge in [0.2, 0.25) is 11.6 Å². The smallest absolute Gasteiger partial charge is 0.238 e. The molecule has 10 nitrogen and oxygen atoms in total. The Morgan fingerprint density at radius 2 is 0.769 bits per heavy atom. The molecule has 2 N–H and O–H groups in total. The second-order valence-corrected chi connectivity index (χ2v) is 14.5. The molecule has 2 aromatic heterocycles. The molecule has 5 aliphatic heterocycles. The van der Waals surface area contributed by atoms with E-state index in [4.69, 9.17) is 30.0 Å². The molecule has 0 saturated carbocycles. The molecule has 11 rings (SSSR count). The fourth-order valence-corrected chi connectivity index (χ4v) is 9.02. The fourth-order valence-electron chi connectivity index (χ4n) is 9.02. The summed E-state index contributed by atoms with van der Waals surface area (Å²) >= 11 is 0. The van der Waals surface area contributed by atoms with Crippen LogP contribution in [0.25, 0.3) is 21.5 Å². The lowest BCUT2D eigenvalue weighted by atomic mass is 10.00. The van der Waals surface area contributed by atoms with Crippen molar-refractivity contribution < 1.29 is 0 Å². The molecule has 0 spiro atoms. The van der Waals surface area contributed by atoms with Crippen molar-refractivity contribution in [2.45, 2.75) is 50.1 Å². The van der Waals surface area contributed by atoms with Crippen LogP contribution < -0.4 is 22.0 Å². The first kappa shape index (κ1) is 30.1. The number of benzene rings is 4. The molecule has 0 amide bonds. The van der Waals surface area contributed by atoms with Crippen molar-refractivity contribution in [2.75, 3.05) is 26.2 Å². The Morgan fingerprint density at radius 1 is 0.404 bits per heavy atom. The highest BCUT2D eigenvalue weighted by Gasteiger charge is 2.47. The van der Waals surface area contributed by atoms with Crippen molar-refractivity contribution >= 4 is 33.2 Å². The number of hydrogen-bond acceptors (Lipinski definition) is 8. The van der Waals surface area contributed by atoms with Gasteiger partial charge in [0, 0.05) is 70.0 Å². The van der Waals surface area contributed by atoms with Crippen molar-refractivity contribution in [3.05, 3.63) is 141 Å². The lowest BCUT2D eigenvalue weighted by Gasteiger charge is -2.38. The van der Waals surface area contributed by atoms with Crippen LogP contribution in [0.3, 0.4) is 0 Å². The van der Waals surface area contributed by atoms with E-state index in [1.165, 1.54) is 12.8 Å². The van der Waals surface area contributed by atoms with Crippen molar-refractivity contribution in [2.24, 2.45) is 30.0 Å². The Bertz CT molecular complexity index is 2550. The van der Waals surface area contributed by atoms with Crippen LogP contribution in [0.15, 0.2) is 127 Å². The van der Waals surface area contributed by atoms with Gasteiger partial charge in [-0.05, 0) is 25.7 Å². The van der Waals surface area contributed by atoms with Crippen LogP contribution in [0.5, 0.6) is 0 Å². The molecular weight excluding hydrogens is 645 g/mol. The molecule has 52 heavy (non-hydrogen) atoms. The molecule has 10 heteroatoms. The highest BCUT2D eigenvalue weighted by Crippen LogP contribution is 2.43. The van der Waals surface area contributed by atoms with E-state index >= 15 is 0 Å². The van der Waals surface area contributed by atoms with Crippen LogP contribution in [0, 0.1) is 0 Å². The summed E-state index contributed by atoms with van der Waals surface area (Å²) in [6, 6.07) is 33.7. The van der Waals surface area contributed by atoms with Crippen LogP contribution in [-0.2, 0) is 11.6 Å². The molecular formula is C42H38N10. The summed E-state index contributed by atoms with van der Waals surface area (Å²) in [4.78, 5) is 45.5. The zero-order valence-corrected chi connectivity index (χ0v) is 28.9. The number of amidine groups is 2. The molecule has 256 valence electrons. The van der Waals surface area contributed by atoms with Gasteiger partial charge in [0.05, 0.1) is 0 Å². The third-order valence-corrected chi connectivity index (χ3v) is 11.5. The van der Waals surface area contributed by atoms with Gasteiger partial charge in [-0.15, -0.1) is 0 Å². The maximum atomic E-state index is 5.66. The maximum Gasteiger partial charge on any atom is 0.238 e. The molecule has 4 aromatic carbocycles. The van der Waals surface area contributed by atoms with Crippen molar-refractivity contribution in [1.82, 2.24) is 19.8 Å². The van der Waals surface area contributed by atoms with E-state index in [0.29, 0.717) is 11.7 Å². The highest BCUT2D eigenvalue weighted by atomic mass is 15.4. The van der Waals surface area contributed by atoms with E-state index in [2.05, 4.69) is 117 Å². The predicted molar refractivity (Wildman–Crippen MR) is 201 cm³/mol. The Hall–Kier alpha value is -5.58. The van der Waals surface area contributed by atoms with E-state index in [0.717, 1.165) is 118 Å². The molecule has 0 radical (unpaired) electrons. The summed E-state index contributed by atoms with van der Waals surface area (Å²) in [5.41, 5.74) is 7.01. The lowest BCUT2D eigenvalue weighted by molar-refractivity contribution is 0.0770. The summed E-state index contributed by atoms with van der Waals surface area (Å²) in [6.07, 6.45) is 6.78. The lowest BCUT2D eigenvalue weighted by Crippen LogP contribution is -2.46. The zero-order valence-electron chi connectivity index (χ0n) is 28.9. The molecule has 7 heterocycles. The molecule has 8 bridgehead atoms. The Morgan fingerprint density at radius 3 is 1.19 bits per heavy atom. The first-order valence-corrected chi connectivity index (χ1v) is 18.7. The molecule has 2 saturated heterocycles. The van der Waals surface area contributed by atoms with Gasteiger partial charge in [-0.1, -0.05) is 110 Å². The number of aromatic amines is 2. The summed E-state index contributed by atoms with van der Waals surface area (Å²) in [5.74, 6) is -0.662. The monoisotopic (exact) mass is 682 g/mol. The summed E-state index contributed by atoms with van der Waals surface area (Å²) < 4.78 is 0. The van der Waals surface area contributed by atoms with Gasteiger partial charge in [0.25, 0.3) is 0 Å². The number of aromatic nitrogens is 2. The zero-order chi connectivity index (χ0) is 34.3. The predicted octanol–water partition coefficient (Wildman–Crippen LogP) is 4.95. The van der Waals surface area contributed by atoms with Crippen molar-refractivity contribution in [3.8, 4) is 0 Å². The minimum atomic E-state index is -0.992. The number of rotatable bonds is 2. The number of fused-ring (bicyclic) bond motifs is 18. The Kier molecular flexibility index (Phi) is 6.63. The van der Waals surface area contributed by atoms with Crippen LogP contribution >= 0.6 is 0 Å². The minimum Gasteiger partial charge on any atom is -0.324 e. The number of piperidine rings is 2. The van der Waals surface area contributed by atoms with E-state index in [1.807, 2.05) is 0 Å². The molecule has 6 aromatic rings. The van der Waals surface area contributed by atoms with Crippen LogP contribution in [0.1, 0.15) is 60.8 Å². The molecule has 2 atom stereocenters. The van der Waals surface area contributed by atoms with Gasteiger partial charge in [-0.3, -0.25) is 9.80 Å². The quantitative estimate of drug-likeness (QED) is 0.269. The maximum absolute atomic E-state index is 5.66. The summed E-state index contributed by atoms with van der Waals surface area (Å²) in [6.45, 7) is 3.58. The average molecular weight is 683 g/mol. The first-order chi connectivity index (χ1) is 25.7. The third kappa shape index (κ3) is 4.37. The van der Waals surface area contributed by atoms with E-state index in [-0.39, 0.29) is 0 Å². The van der Waals surface area contributed by atoms with Crippen molar-refractivity contribution in [3.63, 3.8) is 0 Å². The SMILES string of the molecule is c1ccc2c(c1)C1=NC2(N2CCCCC2)N=c2[nH]c(c3ccccc23)=NC2=NC(N3CCCCC3)(N=c3[nH]c(c4ccccc34)=N1)c1ccccc12. The highest BCUT2D eigenvalue weighted by molar-refractivity contribution is 6.05. The molecule has 5 aliphatic rings. The summed E-state index contributed by atoms with van der Waals surface area (Å²) in [5, 5.41) is 3.98. The number of likely N-dealkylation sites (tertiary alicyclic amines) is 2. The number of nitrogens with zero attached hydrogens (tertiary/aromatic N) is 8. The summed E-state index contributed by atoms with van der Waals surface area (Å²) in [7, 11) is 0. The van der Waals surface area contributed by atoms with E-state index < -0.39 is 11.6 Å². The largest absolute Gasteiger partial charge is 0.324 e.